The zero-order valence-corrected chi connectivity index (χ0v) is 13.9. The zero-order chi connectivity index (χ0) is 17.4. The lowest BCUT2D eigenvalue weighted by Crippen LogP contribution is -2.31. The van der Waals surface area contributed by atoms with Crippen LogP contribution in [-0.4, -0.2) is 27.3 Å². The molecule has 5 heteroatoms. The Balaban J connectivity index is 1.77. The number of likely N-dealkylation sites (tertiary alicyclic amines) is 1. The molecule has 0 saturated carbocycles. The van der Waals surface area contributed by atoms with Gasteiger partial charge >= 0.3 is 0 Å². The van der Waals surface area contributed by atoms with Crippen LogP contribution < -0.4 is 0 Å². The summed E-state index contributed by atoms with van der Waals surface area (Å²) in [6.07, 6.45) is 5.44. The van der Waals surface area contributed by atoms with Crippen molar-refractivity contribution >= 4 is 16.8 Å². The lowest BCUT2D eigenvalue weighted by Gasteiger charge is -2.25. The van der Waals surface area contributed by atoms with Gasteiger partial charge in [0.15, 0.2) is 0 Å². The first-order valence-corrected chi connectivity index (χ1v) is 8.41. The first kappa shape index (κ1) is 15.7. The molecule has 0 spiro atoms. The Morgan fingerprint density at radius 2 is 2.16 bits per heavy atom. The topological polar surface area (TPSA) is 46.1 Å². The van der Waals surface area contributed by atoms with Gasteiger partial charge in [0.2, 0.25) is 0 Å². The molecule has 1 fully saturated rings. The molecule has 25 heavy (non-hydrogen) atoms. The van der Waals surface area contributed by atoms with Crippen molar-refractivity contribution in [2.75, 3.05) is 6.54 Å². The number of aryl methyl sites for hydroxylation is 1. The second-order valence-corrected chi connectivity index (χ2v) is 6.42. The smallest absolute Gasteiger partial charge is 0.255 e. The van der Waals surface area contributed by atoms with Crippen LogP contribution in [0.5, 0.6) is 0 Å². The van der Waals surface area contributed by atoms with E-state index in [1.165, 1.54) is 12.1 Å². The van der Waals surface area contributed by atoms with E-state index in [9.17, 15) is 9.18 Å². The number of carbonyl (C=O) groups excluding carboxylic acids is 1. The van der Waals surface area contributed by atoms with Gasteiger partial charge in [0, 0.05) is 36.1 Å². The molecule has 126 valence electrons. The third-order valence-corrected chi connectivity index (χ3v) is 4.71. The summed E-state index contributed by atoms with van der Waals surface area (Å²) in [6, 6.07) is 10.1. The molecule has 1 saturated heterocycles. The molecule has 3 aromatic rings. The molecule has 1 amide bonds. The molecule has 4 rings (SSSR count). The minimum absolute atomic E-state index is 0.0326. The van der Waals surface area contributed by atoms with Gasteiger partial charge in [0.05, 0.1) is 17.1 Å². The lowest BCUT2D eigenvalue weighted by atomic mass is 10.0. The highest BCUT2D eigenvalue weighted by molar-refractivity contribution is 6.06. The molecule has 1 aliphatic heterocycles. The predicted octanol–water partition coefficient (Wildman–Crippen LogP) is 4.05. The van der Waals surface area contributed by atoms with E-state index >= 15 is 0 Å². The Kier molecular flexibility index (Phi) is 3.92. The number of aromatic nitrogens is 2. The summed E-state index contributed by atoms with van der Waals surface area (Å²) in [6.45, 7) is 2.53. The summed E-state index contributed by atoms with van der Waals surface area (Å²) in [5.74, 6) is -0.383. The zero-order valence-electron chi connectivity index (χ0n) is 13.9. The van der Waals surface area contributed by atoms with Crippen LogP contribution in [0.2, 0.25) is 0 Å². The van der Waals surface area contributed by atoms with Crippen molar-refractivity contribution in [1.82, 2.24) is 14.9 Å². The number of carbonyl (C=O) groups is 1. The number of benzene rings is 1. The molecule has 0 radical (unpaired) electrons. The fourth-order valence-electron chi connectivity index (χ4n) is 3.60. The average Bonchev–Trinajstić information content (AvgIpc) is 3.10. The second-order valence-electron chi connectivity index (χ2n) is 6.42. The van der Waals surface area contributed by atoms with Gasteiger partial charge in [-0.2, -0.15) is 0 Å². The van der Waals surface area contributed by atoms with Crippen LogP contribution in [0.25, 0.3) is 10.9 Å². The molecule has 1 aromatic carbocycles. The van der Waals surface area contributed by atoms with Gasteiger partial charge in [-0.25, -0.2) is 4.39 Å². The van der Waals surface area contributed by atoms with Gasteiger partial charge in [-0.15, -0.1) is 0 Å². The van der Waals surface area contributed by atoms with Crippen LogP contribution in [0.15, 0.2) is 48.8 Å². The Hall–Kier alpha value is -2.82. The SMILES string of the molecule is Cc1cc(C(=O)N2CCC[C@H]2c2cccnc2)c2ccc(F)cc2n1. The van der Waals surface area contributed by atoms with Crippen molar-refractivity contribution in [3.05, 3.63) is 71.4 Å². The largest absolute Gasteiger partial charge is 0.332 e. The van der Waals surface area contributed by atoms with E-state index in [0.29, 0.717) is 28.7 Å². The van der Waals surface area contributed by atoms with Crippen molar-refractivity contribution in [3.8, 4) is 0 Å². The quantitative estimate of drug-likeness (QED) is 0.709. The molecule has 1 aliphatic rings. The highest BCUT2D eigenvalue weighted by atomic mass is 19.1. The Morgan fingerprint density at radius 3 is 2.96 bits per heavy atom. The van der Waals surface area contributed by atoms with E-state index in [0.717, 1.165) is 18.4 Å². The number of amides is 1. The Bertz CT molecular complexity index is 937. The number of halogens is 1. The summed E-state index contributed by atoms with van der Waals surface area (Å²) in [4.78, 5) is 23.7. The molecule has 4 nitrogen and oxygen atoms in total. The predicted molar refractivity (Wildman–Crippen MR) is 93.7 cm³/mol. The summed E-state index contributed by atoms with van der Waals surface area (Å²) < 4.78 is 13.5. The fourth-order valence-corrected chi connectivity index (χ4v) is 3.60. The van der Waals surface area contributed by atoms with Gasteiger partial charge in [-0.3, -0.25) is 14.8 Å². The standard InChI is InChI=1S/C20H18FN3O/c1-13-10-17(16-7-6-15(21)11-18(16)23-13)20(25)24-9-3-5-19(24)14-4-2-8-22-12-14/h2,4,6-8,10-12,19H,3,5,9H2,1H3/t19-/m0/s1. The summed E-state index contributed by atoms with van der Waals surface area (Å²) in [5.41, 5.74) is 2.85. The number of fused-ring (bicyclic) bond motifs is 1. The van der Waals surface area contributed by atoms with Crippen LogP contribution in [0.1, 0.15) is 40.5 Å². The van der Waals surface area contributed by atoms with Crippen molar-refractivity contribution in [2.24, 2.45) is 0 Å². The molecular weight excluding hydrogens is 317 g/mol. The Labute approximate surface area is 145 Å². The van der Waals surface area contributed by atoms with Crippen LogP contribution in [-0.2, 0) is 0 Å². The minimum Gasteiger partial charge on any atom is -0.332 e. The number of pyridine rings is 2. The van der Waals surface area contributed by atoms with Crippen LogP contribution in [0.4, 0.5) is 4.39 Å². The highest BCUT2D eigenvalue weighted by Gasteiger charge is 2.31. The number of hydrogen-bond acceptors (Lipinski definition) is 3. The summed E-state index contributed by atoms with van der Waals surface area (Å²) in [7, 11) is 0. The maximum absolute atomic E-state index is 13.5. The van der Waals surface area contributed by atoms with Gasteiger partial charge < -0.3 is 4.90 Å². The molecule has 0 unspecified atom stereocenters. The van der Waals surface area contributed by atoms with Crippen molar-refractivity contribution < 1.29 is 9.18 Å². The van der Waals surface area contributed by atoms with E-state index in [1.807, 2.05) is 30.2 Å². The summed E-state index contributed by atoms with van der Waals surface area (Å²) >= 11 is 0. The van der Waals surface area contributed by atoms with E-state index in [2.05, 4.69) is 9.97 Å². The van der Waals surface area contributed by atoms with Gasteiger partial charge in [-0.1, -0.05) is 6.07 Å². The molecule has 0 N–H and O–H groups in total. The van der Waals surface area contributed by atoms with E-state index in [-0.39, 0.29) is 17.8 Å². The Morgan fingerprint density at radius 1 is 1.28 bits per heavy atom. The first-order chi connectivity index (χ1) is 12.1. The molecule has 3 heterocycles. The highest BCUT2D eigenvalue weighted by Crippen LogP contribution is 2.34. The minimum atomic E-state index is -0.349. The fraction of sp³-hybridized carbons (Fsp3) is 0.250. The van der Waals surface area contributed by atoms with Crippen LogP contribution >= 0.6 is 0 Å². The van der Waals surface area contributed by atoms with Crippen molar-refractivity contribution in [2.45, 2.75) is 25.8 Å². The molecule has 0 bridgehead atoms. The van der Waals surface area contributed by atoms with Crippen LogP contribution in [0.3, 0.4) is 0 Å². The first-order valence-electron chi connectivity index (χ1n) is 8.41. The van der Waals surface area contributed by atoms with Gasteiger partial charge in [-0.05, 0) is 49.6 Å². The average molecular weight is 335 g/mol. The number of rotatable bonds is 2. The summed E-state index contributed by atoms with van der Waals surface area (Å²) in [5, 5.41) is 0.689. The molecule has 0 aliphatic carbocycles. The lowest BCUT2D eigenvalue weighted by molar-refractivity contribution is 0.0737. The van der Waals surface area contributed by atoms with E-state index < -0.39 is 0 Å². The van der Waals surface area contributed by atoms with E-state index in [1.54, 1.807) is 18.3 Å². The van der Waals surface area contributed by atoms with Gasteiger partial charge in [0.1, 0.15) is 5.82 Å². The number of hydrogen-bond donors (Lipinski definition) is 0. The van der Waals surface area contributed by atoms with Crippen molar-refractivity contribution in [3.63, 3.8) is 0 Å². The molecule has 2 aromatic heterocycles. The molecule has 1 atom stereocenters. The van der Waals surface area contributed by atoms with E-state index in [4.69, 9.17) is 0 Å². The normalized spacial score (nSPS) is 17.2. The maximum atomic E-state index is 13.5. The second kappa shape index (κ2) is 6.24. The molecular formula is C20H18FN3O. The monoisotopic (exact) mass is 335 g/mol. The van der Waals surface area contributed by atoms with Crippen molar-refractivity contribution in [1.29, 1.82) is 0 Å². The maximum Gasteiger partial charge on any atom is 0.255 e. The third kappa shape index (κ3) is 2.86. The van der Waals surface area contributed by atoms with Gasteiger partial charge in [0.25, 0.3) is 5.91 Å². The third-order valence-electron chi connectivity index (χ3n) is 4.71. The van der Waals surface area contributed by atoms with Crippen LogP contribution in [0, 0.1) is 12.7 Å². The number of nitrogens with zero attached hydrogens (tertiary/aromatic N) is 3.